The summed E-state index contributed by atoms with van der Waals surface area (Å²) in [5.41, 5.74) is 7.40. The summed E-state index contributed by atoms with van der Waals surface area (Å²) in [6, 6.07) is 11.8. The monoisotopic (exact) mass is 285 g/mol. The van der Waals surface area contributed by atoms with Crippen LogP contribution in [0.3, 0.4) is 0 Å². The Morgan fingerprint density at radius 3 is 2.29 bits per heavy atom. The second kappa shape index (κ2) is 6.68. The number of benzene rings is 1. The Labute approximate surface area is 126 Å². The largest absolute Gasteiger partial charge is 0.384 e. The van der Waals surface area contributed by atoms with Crippen LogP contribution in [0.1, 0.15) is 39.4 Å². The predicted octanol–water partition coefficient (Wildman–Crippen LogP) is 3.78. The summed E-state index contributed by atoms with van der Waals surface area (Å²) < 4.78 is 5.98. The van der Waals surface area contributed by atoms with Crippen molar-refractivity contribution in [2.45, 2.75) is 39.2 Å². The van der Waals surface area contributed by atoms with Gasteiger partial charge >= 0.3 is 0 Å². The van der Waals surface area contributed by atoms with Crippen LogP contribution in [0.25, 0.3) is 11.3 Å². The molecule has 0 fully saturated rings. The van der Waals surface area contributed by atoms with E-state index >= 15 is 0 Å². The quantitative estimate of drug-likeness (QED) is 0.877. The molecule has 0 atom stereocenters. The van der Waals surface area contributed by atoms with E-state index in [9.17, 15) is 0 Å². The summed E-state index contributed by atoms with van der Waals surface area (Å²) in [4.78, 5) is 9.15. The van der Waals surface area contributed by atoms with Gasteiger partial charge in [0.25, 0.3) is 0 Å². The van der Waals surface area contributed by atoms with Crippen LogP contribution >= 0.6 is 0 Å². The van der Waals surface area contributed by atoms with Crippen LogP contribution in [0, 0.1) is 0 Å². The van der Waals surface area contributed by atoms with Crippen molar-refractivity contribution < 1.29 is 4.74 Å². The Bertz CT molecular complexity index is 580. The van der Waals surface area contributed by atoms with Crippen molar-refractivity contribution >= 4 is 5.82 Å². The van der Waals surface area contributed by atoms with Gasteiger partial charge in [0.2, 0.25) is 0 Å². The van der Waals surface area contributed by atoms with E-state index in [-0.39, 0.29) is 0 Å². The fourth-order valence-corrected chi connectivity index (χ4v) is 2.54. The van der Waals surface area contributed by atoms with E-state index < -0.39 is 5.60 Å². The molecular formula is C17H23N3O. The number of aromatic nitrogens is 2. The number of nitrogens with zero attached hydrogens (tertiary/aromatic N) is 2. The highest BCUT2D eigenvalue weighted by atomic mass is 16.5. The molecule has 0 amide bonds. The van der Waals surface area contributed by atoms with Gasteiger partial charge in [0.1, 0.15) is 11.4 Å². The molecule has 0 saturated carbocycles. The number of rotatable bonds is 6. The second-order valence-electron chi connectivity index (χ2n) is 5.00. The van der Waals surface area contributed by atoms with Crippen molar-refractivity contribution in [3.05, 3.63) is 42.2 Å². The summed E-state index contributed by atoms with van der Waals surface area (Å²) in [6.07, 6.45) is 1.63. The number of nitrogens with two attached hydrogens (primary N) is 1. The number of hydrogen-bond acceptors (Lipinski definition) is 4. The topological polar surface area (TPSA) is 61.0 Å². The zero-order valence-electron chi connectivity index (χ0n) is 13.0. The first-order valence-corrected chi connectivity index (χ1v) is 7.49. The van der Waals surface area contributed by atoms with Crippen LogP contribution in [-0.4, -0.2) is 16.6 Å². The third kappa shape index (κ3) is 3.22. The van der Waals surface area contributed by atoms with E-state index in [4.69, 9.17) is 15.5 Å². The highest BCUT2D eigenvalue weighted by molar-refractivity contribution is 5.61. The fraction of sp³-hybridized carbons (Fsp3) is 0.412. The maximum atomic E-state index is 5.99. The second-order valence-corrected chi connectivity index (χ2v) is 5.00. The van der Waals surface area contributed by atoms with E-state index in [1.165, 1.54) is 0 Å². The Morgan fingerprint density at radius 2 is 1.71 bits per heavy atom. The van der Waals surface area contributed by atoms with Gasteiger partial charge < -0.3 is 10.5 Å². The average Bonchev–Trinajstić information content (AvgIpc) is 2.53. The molecule has 1 aromatic carbocycles. The molecule has 0 bridgehead atoms. The lowest BCUT2D eigenvalue weighted by molar-refractivity contribution is -0.0569. The van der Waals surface area contributed by atoms with Crippen molar-refractivity contribution in [3.8, 4) is 11.3 Å². The molecule has 0 aliphatic rings. The van der Waals surface area contributed by atoms with Crippen molar-refractivity contribution in [1.29, 1.82) is 0 Å². The van der Waals surface area contributed by atoms with Gasteiger partial charge in [-0.2, -0.15) is 0 Å². The van der Waals surface area contributed by atoms with Crippen molar-refractivity contribution in [1.82, 2.24) is 9.97 Å². The third-order valence-electron chi connectivity index (χ3n) is 3.79. The smallest absolute Gasteiger partial charge is 0.163 e. The number of hydrogen-bond donors (Lipinski definition) is 1. The van der Waals surface area contributed by atoms with Crippen LogP contribution in [-0.2, 0) is 10.3 Å². The molecule has 1 heterocycles. The molecule has 0 unspecified atom stereocenters. The van der Waals surface area contributed by atoms with E-state index in [0.29, 0.717) is 18.2 Å². The predicted molar refractivity (Wildman–Crippen MR) is 85.8 cm³/mol. The van der Waals surface area contributed by atoms with Gasteiger partial charge in [0, 0.05) is 18.2 Å². The first kappa shape index (κ1) is 15.4. The van der Waals surface area contributed by atoms with Gasteiger partial charge in [-0.3, -0.25) is 0 Å². The van der Waals surface area contributed by atoms with E-state index in [0.717, 1.165) is 24.1 Å². The van der Waals surface area contributed by atoms with Crippen molar-refractivity contribution in [2.75, 3.05) is 12.3 Å². The zero-order valence-corrected chi connectivity index (χ0v) is 13.0. The van der Waals surface area contributed by atoms with Gasteiger partial charge in [-0.1, -0.05) is 44.2 Å². The summed E-state index contributed by atoms with van der Waals surface area (Å²) in [6.45, 7) is 6.80. The Kier molecular flexibility index (Phi) is 4.91. The van der Waals surface area contributed by atoms with Crippen LogP contribution < -0.4 is 5.73 Å². The van der Waals surface area contributed by atoms with Gasteiger partial charge in [-0.25, -0.2) is 9.97 Å². The first-order chi connectivity index (χ1) is 10.1. The third-order valence-corrected chi connectivity index (χ3v) is 3.79. The van der Waals surface area contributed by atoms with E-state index in [1.807, 2.05) is 37.3 Å². The minimum atomic E-state index is -0.465. The maximum Gasteiger partial charge on any atom is 0.163 e. The lowest BCUT2D eigenvalue weighted by Crippen LogP contribution is -2.31. The lowest BCUT2D eigenvalue weighted by atomic mass is 9.95. The van der Waals surface area contributed by atoms with Gasteiger partial charge in [-0.15, -0.1) is 0 Å². The van der Waals surface area contributed by atoms with Crippen molar-refractivity contribution in [3.63, 3.8) is 0 Å². The van der Waals surface area contributed by atoms with Gasteiger partial charge in [0.05, 0.1) is 5.69 Å². The molecule has 0 aliphatic heterocycles. The SMILES string of the molecule is CCOC(CC)(CC)c1nc(N)cc(-c2ccccc2)n1. The van der Waals surface area contributed by atoms with Gasteiger partial charge in [-0.05, 0) is 19.8 Å². The molecule has 112 valence electrons. The molecule has 0 radical (unpaired) electrons. The van der Waals surface area contributed by atoms with E-state index in [1.54, 1.807) is 6.07 Å². The van der Waals surface area contributed by atoms with Crippen LogP contribution in [0.5, 0.6) is 0 Å². The molecule has 2 aromatic rings. The summed E-state index contributed by atoms with van der Waals surface area (Å²) in [7, 11) is 0. The Hall–Kier alpha value is -1.94. The fourth-order valence-electron chi connectivity index (χ4n) is 2.54. The highest BCUT2D eigenvalue weighted by Crippen LogP contribution is 2.32. The number of nitrogen functional groups attached to an aromatic ring is 1. The Balaban J connectivity index is 2.52. The van der Waals surface area contributed by atoms with Gasteiger partial charge in [0.15, 0.2) is 5.82 Å². The first-order valence-electron chi connectivity index (χ1n) is 7.49. The van der Waals surface area contributed by atoms with E-state index in [2.05, 4.69) is 18.8 Å². The lowest BCUT2D eigenvalue weighted by Gasteiger charge is -2.30. The number of ether oxygens (including phenoxy) is 1. The molecule has 4 heteroatoms. The molecule has 4 nitrogen and oxygen atoms in total. The maximum absolute atomic E-state index is 5.99. The average molecular weight is 285 g/mol. The molecule has 1 aromatic heterocycles. The normalized spacial score (nSPS) is 11.6. The Morgan fingerprint density at radius 1 is 1.05 bits per heavy atom. The minimum Gasteiger partial charge on any atom is -0.384 e. The highest BCUT2D eigenvalue weighted by Gasteiger charge is 2.32. The molecule has 0 aliphatic carbocycles. The molecular weight excluding hydrogens is 262 g/mol. The molecule has 0 spiro atoms. The van der Waals surface area contributed by atoms with Crippen LogP contribution in [0.2, 0.25) is 0 Å². The molecule has 2 N–H and O–H groups in total. The minimum absolute atomic E-state index is 0.465. The summed E-state index contributed by atoms with van der Waals surface area (Å²) in [5, 5.41) is 0. The summed E-state index contributed by atoms with van der Waals surface area (Å²) in [5.74, 6) is 1.15. The molecule has 2 rings (SSSR count). The van der Waals surface area contributed by atoms with Crippen LogP contribution in [0.15, 0.2) is 36.4 Å². The van der Waals surface area contributed by atoms with Crippen LogP contribution in [0.4, 0.5) is 5.82 Å². The molecule has 0 saturated heterocycles. The summed E-state index contributed by atoms with van der Waals surface area (Å²) >= 11 is 0. The van der Waals surface area contributed by atoms with Crippen molar-refractivity contribution in [2.24, 2.45) is 0 Å². The number of anilines is 1. The standard InChI is InChI=1S/C17H23N3O/c1-4-17(5-2,21-6-3)16-19-14(12-15(18)20-16)13-10-8-7-9-11-13/h7-12H,4-6H2,1-3H3,(H2,18,19,20). The zero-order chi connectivity index (χ0) is 15.3. The molecule has 21 heavy (non-hydrogen) atoms.